The largest absolute Gasteiger partial charge is 0.297 e. The Morgan fingerprint density at radius 3 is 2.12 bits per heavy atom. The number of aromatic nitrogens is 1. The first-order chi connectivity index (χ1) is 12.3. The van der Waals surface area contributed by atoms with Crippen molar-refractivity contribution in [1.29, 1.82) is 0 Å². The van der Waals surface area contributed by atoms with Crippen LogP contribution in [-0.4, -0.2) is 13.0 Å². The zero-order valence-corrected chi connectivity index (χ0v) is 15.4. The van der Waals surface area contributed by atoms with Crippen molar-refractivity contribution in [2.75, 3.05) is 0 Å². The third-order valence-corrected chi connectivity index (χ3v) is 5.24. The minimum atomic E-state index is -3.81. The van der Waals surface area contributed by atoms with E-state index in [1.165, 1.54) is 18.2 Å². The van der Waals surface area contributed by atoms with Crippen LogP contribution in [0.25, 0.3) is 5.69 Å². The van der Waals surface area contributed by atoms with Gasteiger partial charge in [-0.15, -0.1) is 0 Å². The van der Waals surface area contributed by atoms with E-state index in [-0.39, 0.29) is 17.1 Å². The van der Waals surface area contributed by atoms with Crippen LogP contribution in [0.3, 0.4) is 0 Å². The standard InChI is InChI=1S/C20H19NO4S/c1-15-3-10-19(11-4-15)26(23,24)25-14-17-6-8-18(9-7-17)21-13-16(2)5-12-20(21)22/h3-13H,14H2,1-2H3. The average molecular weight is 369 g/mol. The third kappa shape index (κ3) is 4.09. The van der Waals surface area contributed by atoms with E-state index >= 15 is 0 Å². The van der Waals surface area contributed by atoms with E-state index in [2.05, 4.69) is 0 Å². The van der Waals surface area contributed by atoms with E-state index in [9.17, 15) is 13.2 Å². The molecule has 0 unspecified atom stereocenters. The van der Waals surface area contributed by atoms with Crippen molar-refractivity contribution in [2.45, 2.75) is 25.3 Å². The lowest BCUT2D eigenvalue weighted by Crippen LogP contribution is -2.16. The molecular formula is C20H19NO4S. The number of pyridine rings is 1. The molecular weight excluding hydrogens is 350 g/mol. The van der Waals surface area contributed by atoms with Gasteiger partial charge in [0.15, 0.2) is 0 Å². The lowest BCUT2D eigenvalue weighted by atomic mass is 10.2. The number of aryl methyl sites for hydroxylation is 2. The van der Waals surface area contributed by atoms with Crippen molar-refractivity contribution < 1.29 is 12.6 Å². The van der Waals surface area contributed by atoms with Gasteiger partial charge in [-0.3, -0.25) is 13.5 Å². The van der Waals surface area contributed by atoms with E-state index in [1.807, 2.05) is 13.8 Å². The van der Waals surface area contributed by atoms with E-state index in [4.69, 9.17) is 4.18 Å². The van der Waals surface area contributed by atoms with Gasteiger partial charge in [-0.25, -0.2) is 0 Å². The second kappa shape index (κ2) is 7.27. The molecule has 0 N–H and O–H groups in total. The number of hydrogen-bond acceptors (Lipinski definition) is 4. The first-order valence-corrected chi connectivity index (χ1v) is 9.51. The van der Waals surface area contributed by atoms with Gasteiger partial charge in [0.25, 0.3) is 15.7 Å². The molecule has 6 heteroatoms. The fraction of sp³-hybridized carbons (Fsp3) is 0.150. The molecule has 26 heavy (non-hydrogen) atoms. The first kappa shape index (κ1) is 18.1. The zero-order chi connectivity index (χ0) is 18.7. The normalized spacial score (nSPS) is 11.5. The molecule has 0 aliphatic carbocycles. The van der Waals surface area contributed by atoms with Crippen LogP contribution in [0.4, 0.5) is 0 Å². The van der Waals surface area contributed by atoms with Crippen LogP contribution in [0.2, 0.25) is 0 Å². The lowest BCUT2D eigenvalue weighted by molar-refractivity contribution is 0.308. The number of hydrogen-bond donors (Lipinski definition) is 0. The van der Waals surface area contributed by atoms with E-state index in [0.29, 0.717) is 11.3 Å². The van der Waals surface area contributed by atoms with Crippen molar-refractivity contribution in [3.05, 3.63) is 93.9 Å². The average Bonchev–Trinajstić information content (AvgIpc) is 2.63. The van der Waals surface area contributed by atoms with Gasteiger partial charge in [-0.2, -0.15) is 8.42 Å². The zero-order valence-electron chi connectivity index (χ0n) is 14.5. The highest BCUT2D eigenvalue weighted by atomic mass is 32.2. The smallest absolute Gasteiger partial charge is 0.284 e. The Balaban J connectivity index is 1.74. The summed E-state index contributed by atoms with van der Waals surface area (Å²) < 4.78 is 31.1. The molecule has 3 rings (SSSR count). The topological polar surface area (TPSA) is 65.4 Å². The van der Waals surface area contributed by atoms with Gasteiger partial charge in [0.1, 0.15) is 0 Å². The molecule has 0 amide bonds. The molecule has 1 heterocycles. The maximum Gasteiger partial charge on any atom is 0.297 e. The Morgan fingerprint density at radius 2 is 1.46 bits per heavy atom. The van der Waals surface area contributed by atoms with Gasteiger partial charge >= 0.3 is 0 Å². The molecule has 0 aliphatic heterocycles. The second-order valence-electron chi connectivity index (χ2n) is 6.11. The number of rotatable bonds is 5. The highest BCUT2D eigenvalue weighted by Gasteiger charge is 2.15. The molecule has 0 radical (unpaired) electrons. The Bertz CT molecular complexity index is 1070. The second-order valence-corrected chi connectivity index (χ2v) is 7.73. The van der Waals surface area contributed by atoms with Gasteiger partial charge in [-0.1, -0.05) is 35.9 Å². The maximum atomic E-state index is 12.2. The van der Waals surface area contributed by atoms with Crippen molar-refractivity contribution in [3.63, 3.8) is 0 Å². The van der Waals surface area contributed by atoms with E-state index < -0.39 is 10.1 Å². The molecule has 0 saturated heterocycles. The van der Waals surface area contributed by atoms with Gasteiger partial charge in [-0.05, 0) is 49.2 Å². The molecule has 2 aromatic carbocycles. The Hall–Kier alpha value is -2.70. The highest BCUT2D eigenvalue weighted by molar-refractivity contribution is 7.86. The monoisotopic (exact) mass is 369 g/mol. The van der Waals surface area contributed by atoms with Crippen molar-refractivity contribution in [1.82, 2.24) is 4.57 Å². The van der Waals surface area contributed by atoms with Crippen LogP contribution in [0.15, 0.2) is 76.6 Å². The van der Waals surface area contributed by atoms with Crippen LogP contribution >= 0.6 is 0 Å². The summed E-state index contributed by atoms with van der Waals surface area (Å²) in [6.07, 6.45) is 1.76. The summed E-state index contributed by atoms with van der Waals surface area (Å²) in [6, 6.07) is 16.8. The first-order valence-electron chi connectivity index (χ1n) is 8.10. The lowest BCUT2D eigenvalue weighted by Gasteiger charge is -2.09. The van der Waals surface area contributed by atoms with E-state index in [1.54, 1.807) is 53.2 Å². The SMILES string of the molecule is Cc1ccc(S(=O)(=O)OCc2ccc(-n3cc(C)ccc3=O)cc2)cc1. The highest BCUT2D eigenvalue weighted by Crippen LogP contribution is 2.16. The third-order valence-electron chi connectivity index (χ3n) is 3.96. The molecule has 134 valence electrons. The van der Waals surface area contributed by atoms with Crippen molar-refractivity contribution in [3.8, 4) is 5.69 Å². The molecule has 3 aromatic rings. The van der Waals surface area contributed by atoms with Gasteiger partial charge < -0.3 is 0 Å². The summed E-state index contributed by atoms with van der Waals surface area (Å²) >= 11 is 0. The summed E-state index contributed by atoms with van der Waals surface area (Å²) in [5.41, 5.74) is 3.24. The van der Waals surface area contributed by atoms with Gasteiger partial charge in [0.2, 0.25) is 0 Å². The minimum absolute atomic E-state index is 0.0702. The summed E-state index contributed by atoms with van der Waals surface area (Å²) in [5.74, 6) is 0. The van der Waals surface area contributed by atoms with Crippen LogP contribution in [-0.2, 0) is 20.9 Å². The quantitative estimate of drug-likeness (QED) is 0.647. The molecule has 0 aliphatic rings. The summed E-state index contributed by atoms with van der Waals surface area (Å²) in [4.78, 5) is 12.1. The van der Waals surface area contributed by atoms with Crippen molar-refractivity contribution in [2.24, 2.45) is 0 Å². The van der Waals surface area contributed by atoms with E-state index in [0.717, 1.165) is 11.1 Å². The van der Waals surface area contributed by atoms with Crippen LogP contribution in [0.5, 0.6) is 0 Å². The Labute approximate surface area is 152 Å². The number of nitrogens with zero attached hydrogens (tertiary/aromatic N) is 1. The van der Waals surface area contributed by atoms with Crippen LogP contribution in [0.1, 0.15) is 16.7 Å². The summed E-state index contributed by atoms with van der Waals surface area (Å²) in [5, 5.41) is 0. The predicted octanol–water partition coefficient (Wildman–Crippen LogP) is 3.36. The maximum absolute atomic E-state index is 12.2. The molecule has 5 nitrogen and oxygen atoms in total. The van der Waals surface area contributed by atoms with Crippen LogP contribution in [0, 0.1) is 13.8 Å². The molecule has 1 aromatic heterocycles. The Morgan fingerprint density at radius 1 is 0.846 bits per heavy atom. The predicted molar refractivity (Wildman–Crippen MR) is 99.9 cm³/mol. The molecule has 0 fully saturated rings. The van der Waals surface area contributed by atoms with Gasteiger partial charge in [0.05, 0.1) is 11.5 Å². The Kier molecular flexibility index (Phi) is 5.06. The minimum Gasteiger partial charge on any atom is -0.284 e. The summed E-state index contributed by atoms with van der Waals surface area (Å²) in [6.45, 7) is 3.73. The van der Waals surface area contributed by atoms with Crippen LogP contribution < -0.4 is 5.56 Å². The van der Waals surface area contributed by atoms with Crippen molar-refractivity contribution >= 4 is 10.1 Å². The molecule has 0 spiro atoms. The summed E-state index contributed by atoms with van der Waals surface area (Å²) in [7, 11) is -3.81. The fourth-order valence-corrected chi connectivity index (χ4v) is 3.36. The molecule has 0 bridgehead atoms. The molecule has 0 saturated carbocycles. The fourth-order valence-electron chi connectivity index (χ4n) is 2.47. The number of benzene rings is 2. The molecule has 0 atom stereocenters. The van der Waals surface area contributed by atoms with Gasteiger partial charge in [0, 0.05) is 18.0 Å².